The number of ether oxygens (including phenoxy) is 2. The van der Waals surface area contributed by atoms with Crippen LogP contribution in [0.25, 0.3) is 10.8 Å². The number of hydrogen-bond acceptors (Lipinski definition) is 4. The van der Waals surface area contributed by atoms with E-state index in [0.29, 0.717) is 23.6 Å². The summed E-state index contributed by atoms with van der Waals surface area (Å²) >= 11 is 0. The predicted octanol–water partition coefficient (Wildman–Crippen LogP) is 4.59. The Hall–Kier alpha value is -2.56. The highest BCUT2D eigenvalue weighted by Crippen LogP contribution is 2.32. The average Bonchev–Trinajstić information content (AvgIpc) is 2.66. The van der Waals surface area contributed by atoms with Gasteiger partial charge in [-0.15, -0.1) is 12.4 Å². The highest BCUT2D eigenvalue weighted by atomic mass is 35.5. The SMILES string of the molecule is COc1cc2ccc(C(=O)CN(C)Cc3ccccc3)cc2cc1OC.Cl. The maximum absolute atomic E-state index is 12.7. The van der Waals surface area contributed by atoms with Gasteiger partial charge in [0.05, 0.1) is 20.8 Å². The molecule has 0 radical (unpaired) electrons. The Bertz CT molecular complexity index is 912. The zero-order valence-electron chi connectivity index (χ0n) is 15.8. The number of fused-ring (bicyclic) bond motifs is 1. The van der Waals surface area contributed by atoms with Gasteiger partial charge in [0.25, 0.3) is 0 Å². The Morgan fingerprint density at radius 2 is 1.52 bits per heavy atom. The van der Waals surface area contributed by atoms with Gasteiger partial charge in [0.2, 0.25) is 0 Å². The highest BCUT2D eigenvalue weighted by molar-refractivity contribution is 6.01. The molecule has 3 rings (SSSR count). The van der Waals surface area contributed by atoms with Gasteiger partial charge in [-0.3, -0.25) is 9.69 Å². The van der Waals surface area contributed by atoms with E-state index in [1.807, 2.05) is 60.5 Å². The molecule has 4 nitrogen and oxygen atoms in total. The molecule has 0 saturated heterocycles. The van der Waals surface area contributed by atoms with Crippen LogP contribution in [0.15, 0.2) is 60.7 Å². The molecule has 3 aromatic rings. The molecule has 0 aromatic heterocycles. The number of rotatable bonds is 7. The lowest BCUT2D eigenvalue weighted by Crippen LogP contribution is -2.25. The first-order valence-corrected chi connectivity index (χ1v) is 8.52. The third-order valence-corrected chi connectivity index (χ3v) is 4.37. The van der Waals surface area contributed by atoms with E-state index in [1.165, 1.54) is 5.56 Å². The molecule has 0 bridgehead atoms. The van der Waals surface area contributed by atoms with Crippen molar-refractivity contribution in [3.05, 3.63) is 71.8 Å². The van der Waals surface area contributed by atoms with Crippen molar-refractivity contribution in [3.8, 4) is 11.5 Å². The molecule has 0 amide bonds. The molecule has 0 unspecified atom stereocenters. The van der Waals surface area contributed by atoms with E-state index >= 15 is 0 Å². The second kappa shape index (κ2) is 9.40. The van der Waals surface area contributed by atoms with Crippen LogP contribution in [-0.4, -0.2) is 38.5 Å². The van der Waals surface area contributed by atoms with Crippen LogP contribution < -0.4 is 9.47 Å². The molecule has 142 valence electrons. The molecule has 0 aliphatic heterocycles. The maximum Gasteiger partial charge on any atom is 0.176 e. The van der Waals surface area contributed by atoms with Crippen molar-refractivity contribution in [1.82, 2.24) is 4.90 Å². The van der Waals surface area contributed by atoms with E-state index in [4.69, 9.17) is 9.47 Å². The highest BCUT2D eigenvalue weighted by Gasteiger charge is 2.12. The van der Waals surface area contributed by atoms with Gasteiger partial charge < -0.3 is 9.47 Å². The minimum absolute atomic E-state index is 0. The van der Waals surface area contributed by atoms with Crippen molar-refractivity contribution in [2.75, 3.05) is 27.8 Å². The maximum atomic E-state index is 12.7. The number of carbonyl (C=O) groups is 1. The smallest absolute Gasteiger partial charge is 0.176 e. The second-order valence-electron chi connectivity index (χ2n) is 6.35. The first-order chi connectivity index (χ1) is 12.6. The first kappa shape index (κ1) is 20.7. The van der Waals surface area contributed by atoms with E-state index in [9.17, 15) is 4.79 Å². The number of halogens is 1. The summed E-state index contributed by atoms with van der Waals surface area (Å²) in [6.45, 7) is 1.11. The van der Waals surface area contributed by atoms with Gasteiger partial charge in [-0.2, -0.15) is 0 Å². The molecule has 0 fully saturated rings. The number of carbonyl (C=O) groups excluding carboxylic acids is 1. The lowest BCUT2D eigenvalue weighted by Gasteiger charge is -2.16. The number of methoxy groups -OCH3 is 2. The van der Waals surface area contributed by atoms with Gasteiger partial charge in [0.1, 0.15) is 0 Å². The van der Waals surface area contributed by atoms with Crippen molar-refractivity contribution < 1.29 is 14.3 Å². The number of hydrogen-bond donors (Lipinski definition) is 0. The zero-order chi connectivity index (χ0) is 18.5. The average molecular weight is 386 g/mol. The number of benzene rings is 3. The molecule has 27 heavy (non-hydrogen) atoms. The molecule has 3 aromatic carbocycles. The summed E-state index contributed by atoms with van der Waals surface area (Å²) in [4.78, 5) is 14.7. The van der Waals surface area contributed by atoms with Crippen LogP contribution >= 0.6 is 12.4 Å². The topological polar surface area (TPSA) is 38.8 Å². The van der Waals surface area contributed by atoms with Crippen LogP contribution in [0.5, 0.6) is 11.5 Å². The molecule has 5 heteroatoms. The summed E-state index contributed by atoms with van der Waals surface area (Å²) < 4.78 is 10.7. The predicted molar refractivity (Wildman–Crippen MR) is 111 cm³/mol. The van der Waals surface area contributed by atoms with Gasteiger partial charge >= 0.3 is 0 Å². The van der Waals surface area contributed by atoms with Gasteiger partial charge in [-0.25, -0.2) is 0 Å². The van der Waals surface area contributed by atoms with Crippen LogP contribution in [0.2, 0.25) is 0 Å². The second-order valence-corrected chi connectivity index (χ2v) is 6.35. The Morgan fingerprint density at radius 3 is 2.15 bits per heavy atom. The van der Waals surface area contributed by atoms with Crippen LogP contribution in [0, 0.1) is 0 Å². The van der Waals surface area contributed by atoms with E-state index in [-0.39, 0.29) is 18.2 Å². The molecule has 0 saturated carbocycles. The lowest BCUT2D eigenvalue weighted by molar-refractivity contribution is 0.0943. The monoisotopic (exact) mass is 385 g/mol. The van der Waals surface area contributed by atoms with Crippen molar-refractivity contribution >= 4 is 29.0 Å². The van der Waals surface area contributed by atoms with Crippen LogP contribution in [0.1, 0.15) is 15.9 Å². The molecule has 0 heterocycles. The Kier molecular flexibility index (Phi) is 7.22. The van der Waals surface area contributed by atoms with Gasteiger partial charge in [-0.1, -0.05) is 42.5 Å². The zero-order valence-corrected chi connectivity index (χ0v) is 16.6. The van der Waals surface area contributed by atoms with Gasteiger partial charge in [0, 0.05) is 12.1 Å². The largest absolute Gasteiger partial charge is 0.493 e. The summed E-state index contributed by atoms with van der Waals surface area (Å²) in [5.74, 6) is 1.44. The normalized spacial score (nSPS) is 10.5. The quantitative estimate of drug-likeness (QED) is 0.557. The van der Waals surface area contributed by atoms with Gasteiger partial charge in [0.15, 0.2) is 17.3 Å². The first-order valence-electron chi connectivity index (χ1n) is 8.52. The van der Waals surface area contributed by atoms with Crippen LogP contribution in [0.3, 0.4) is 0 Å². The Morgan fingerprint density at radius 1 is 0.889 bits per heavy atom. The van der Waals surface area contributed by atoms with Gasteiger partial charge in [-0.05, 0) is 41.6 Å². The fourth-order valence-electron chi connectivity index (χ4n) is 3.04. The molecule has 0 spiro atoms. The summed E-state index contributed by atoms with van der Waals surface area (Å²) in [5, 5.41) is 1.97. The van der Waals surface area contributed by atoms with E-state index < -0.39 is 0 Å². The molecule has 0 N–H and O–H groups in total. The number of ketones is 1. The molecular weight excluding hydrogens is 362 g/mol. The van der Waals surface area contributed by atoms with E-state index in [2.05, 4.69) is 12.1 Å². The fraction of sp³-hybridized carbons (Fsp3) is 0.227. The van der Waals surface area contributed by atoms with Crippen LogP contribution in [-0.2, 0) is 6.54 Å². The number of likely N-dealkylation sites (N-methyl/N-ethyl adjacent to an activating group) is 1. The summed E-state index contributed by atoms with van der Waals surface area (Å²) in [6, 6.07) is 19.7. The lowest BCUT2D eigenvalue weighted by atomic mass is 10.0. The van der Waals surface area contributed by atoms with Crippen molar-refractivity contribution in [2.24, 2.45) is 0 Å². The minimum Gasteiger partial charge on any atom is -0.493 e. The van der Waals surface area contributed by atoms with E-state index in [1.54, 1.807) is 14.2 Å². The molecular formula is C22H24ClNO3. The fourth-order valence-corrected chi connectivity index (χ4v) is 3.04. The van der Waals surface area contributed by atoms with Crippen molar-refractivity contribution in [2.45, 2.75) is 6.54 Å². The summed E-state index contributed by atoms with van der Waals surface area (Å²) in [6.07, 6.45) is 0. The summed E-state index contributed by atoms with van der Waals surface area (Å²) in [7, 11) is 5.18. The third kappa shape index (κ3) is 5.00. The minimum atomic E-state index is 0. The molecule has 0 atom stereocenters. The van der Waals surface area contributed by atoms with E-state index in [0.717, 1.165) is 17.3 Å². The summed E-state index contributed by atoms with van der Waals surface area (Å²) in [5.41, 5.74) is 1.89. The molecule has 0 aliphatic carbocycles. The van der Waals surface area contributed by atoms with Crippen molar-refractivity contribution in [1.29, 1.82) is 0 Å². The Labute approximate surface area is 166 Å². The van der Waals surface area contributed by atoms with Crippen LogP contribution in [0.4, 0.5) is 0 Å². The number of nitrogens with zero attached hydrogens (tertiary/aromatic N) is 1. The third-order valence-electron chi connectivity index (χ3n) is 4.37. The standard InChI is InChI=1S/C22H23NO3.ClH/c1-23(14-16-7-5-4-6-8-16)15-20(24)18-10-9-17-12-21(25-2)22(26-3)13-19(17)11-18;/h4-13H,14-15H2,1-3H3;1H. The molecule has 0 aliphatic rings. The van der Waals surface area contributed by atoms with Crippen molar-refractivity contribution in [3.63, 3.8) is 0 Å². The number of Topliss-reactive ketones (excluding diaryl/α,β-unsaturated/α-hetero) is 1. The Balaban J connectivity index is 0.00000261.